The summed E-state index contributed by atoms with van der Waals surface area (Å²) in [5.41, 5.74) is 8.00. The van der Waals surface area contributed by atoms with Gasteiger partial charge in [0.15, 0.2) is 11.8 Å². The second-order valence-electron chi connectivity index (χ2n) is 6.13. The zero-order chi connectivity index (χ0) is 25.2. The van der Waals surface area contributed by atoms with Crippen LogP contribution in [0.1, 0.15) is 6.23 Å². The number of anilines is 1. The highest BCUT2D eigenvalue weighted by molar-refractivity contribution is 7.66. The summed E-state index contributed by atoms with van der Waals surface area (Å²) in [5.74, 6) is 3.69. The third kappa shape index (κ3) is 7.18. The molecule has 0 aromatic carbocycles. The predicted octanol–water partition coefficient (Wildman–Crippen LogP) is -2.51. The van der Waals surface area contributed by atoms with E-state index in [1.54, 1.807) is 0 Å². The first-order valence-electron chi connectivity index (χ1n) is 8.17. The topological polar surface area (TPSA) is 289 Å². The highest BCUT2D eigenvalue weighted by atomic mass is 31.3. The van der Waals surface area contributed by atoms with Gasteiger partial charge in [0.2, 0.25) is 5.95 Å². The molecule has 0 bridgehead atoms. The number of aromatic nitrogens is 3. The van der Waals surface area contributed by atoms with Crippen molar-refractivity contribution in [1.29, 1.82) is 0 Å². The van der Waals surface area contributed by atoms with Crippen LogP contribution in [0.5, 0.6) is 0 Å². The number of hydrogen-bond acceptors (Lipinski definition) is 13. The minimum Gasteiger partial charge on any atom is -0.387 e. The Labute approximate surface area is 182 Å². The van der Waals surface area contributed by atoms with Crippen molar-refractivity contribution in [3.05, 3.63) is 16.8 Å². The standard InChI is InChI=1S/C11H17FN5O13P3/c12-3-1-2-11(14)7(18)6(28-8(11)17-5-15-9(13)16-10(17)19)4-27-32(23,24)30-33(25,26)29-31(20,21)22/h5-8,18H,3-4,14H2,(H,23,24)(H,25,26)(H2,13,16,19)(H2,20,21,22)/t6-,7?,8-,11-/m1/s1. The molecule has 22 heteroatoms. The van der Waals surface area contributed by atoms with Crippen molar-refractivity contribution in [1.82, 2.24) is 14.5 Å². The second kappa shape index (κ2) is 9.94. The molecule has 1 aliphatic heterocycles. The van der Waals surface area contributed by atoms with Crippen molar-refractivity contribution < 1.29 is 60.6 Å². The van der Waals surface area contributed by atoms with Crippen LogP contribution in [0, 0.1) is 11.8 Å². The molecule has 1 fully saturated rings. The normalized spacial score (nSPS) is 29.0. The fourth-order valence-corrected chi connectivity index (χ4v) is 5.57. The van der Waals surface area contributed by atoms with Gasteiger partial charge in [-0.05, 0) is 0 Å². The van der Waals surface area contributed by atoms with E-state index in [1.807, 2.05) is 5.92 Å². The molecule has 18 nitrogen and oxygen atoms in total. The maximum Gasteiger partial charge on any atom is 0.490 e. The Morgan fingerprint density at radius 3 is 2.42 bits per heavy atom. The fourth-order valence-electron chi connectivity index (χ4n) is 2.54. The first-order valence-corrected chi connectivity index (χ1v) is 12.7. The fraction of sp³-hybridized carbons (Fsp3) is 0.545. The van der Waals surface area contributed by atoms with Gasteiger partial charge in [0.25, 0.3) is 0 Å². The number of alkyl halides is 1. The molecule has 186 valence electrons. The average Bonchev–Trinajstić information content (AvgIpc) is 2.87. The smallest absolute Gasteiger partial charge is 0.387 e. The number of rotatable bonds is 8. The van der Waals surface area contributed by atoms with E-state index in [0.29, 0.717) is 4.57 Å². The van der Waals surface area contributed by atoms with Gasteiger partial charge in [-0.15, -0.1) is 0 Å². The van der Waals surface area contributed by atoms with Gasteiger partial charge in [0, 0.05) is 0 Å². The lowest BCUT2D eigenvalue weighted by Crippen LogP contribution is -2.55. The molecule has 1 saturated heterocycles. The van der Waals surface area contributed by atoms with Gasteiger partial charge in [0.05, 0.1) is 6.61 Å². The summed E-state index contributed by atoms with van der Waals surface area (Å²) in [5, 5.41) is 10.5. The number of nitrogens with two attached hydrogens (primary N) is 2. The van der Waals surface area contributed by atoms with E-state index in [9.17, 15) is 32.9 Å². The van der Waals surface area contributed by atoms with Gasteiger partial charge in [-0.3, -0.25) is 9.09 Å². The third-order valence-electron chi connectivity index (χ3n) is 3.74. The van der Waals surface area contributed by atoms with Crippen LogP contribution in [0.4, 0.5) is 10.3 Å². The van der Waals surface area contributed by atoms with Crippen molar-refractivity contribution in [2.75, 3.05) is 19.0 Å². The highest BCUT2D eigenvalue weighted by Gasteiger charge is 2.55. The SMILES string of the molecule is Nc1ncn([C@@H]2O[C@H](COP(=O)(O)OP(=O)(O)OP(=O)(O)O)C(O)[C@]2(N)C#CCF)c(=O)n1. The minimum absolute atomic E-state index is 0.420. The molecule has 2 rings (SSSR count). The number of hydrogen-bond donors (Lipinski definition) is 7. The molecule has 1 aromatic heterocycles. The Balaban J connectivity index is 2.26. The van der Waals surface area contributed by atoms with Gasteiger partial charge in [-0.2, -0.15) is 13.6 Å². The van der Waals surface area contributed by atoms with Crippen molar-refractivity contribution in [2.24, 2.45) is 5.73 Å². The molecule has 0 spiro atoms. The zero-order valence-electron chi connectivity index (χ0n) is 15.9. The maximum absolute atomic E-state index is 12.6. The Hall–Kier alpha value is -1.61. The number of nitrogen functional groups attached to an aromatic ring is 1. The van der Waals surface area contributed by atoms with E-state index in [1.165, 1.54) is 0 Å². The molecular formula is C11H17FN5O13P3. The largest absolute Gasteiger partial charge is 0.490 e. The number of aliphatic hydroxyl groups is 1. The van der Waals surface area contributed by atoms with Crippen molar-refractivity contribution in [2.45, 2.75) is 24.0 Å². The predicted molar refractivity (Wildman–Crippen MR) is 101 cm³/mol. The van der Waals surface area contributed by atoms with Crippen LogP contribution in [0.15, 0.2) is 11.1 Å². The molecule has 0 radical (unpaired) electrons. The molecule has 33 heavy (non-hydrogen) atoms. The van der Waals surface area contributed by atoms with Crippen molar-refractivity contribution >= 4 is 29.4 Å². The molecular weight excluding hydrogens is 522 g/mol. The summed E-state index contributed by atoms with van der Waals surface area (Å²) in [6, 6.07) is 0. The van der Waals surface area contributed by atoms with Gasteiger partial charge in [-0.1, -0.05) is 11.8 Å². The lowest BCUT2D eigenvalue weighted by atomic mass is 9.91. The third-order valence-corrected chi connectivity index (χ3v) is 7.54. The summed E-state index contributed by atoms with van der Waals surface area (Å²) in [6.07, 6.45) is -4.50. The molecule has 2 heterocycles. The molecule has 1 aromatic rings. The number of phosphoric acid groups is 3. The molecule has 1 aliphatic rings. The minimum atomic E-state index is -5.79. The summed E-state index contributed by atoms with van der Waals surface area (Å²) < 4.78 is 63.9. The zero-order valence-corrected chi connectivity index (χ0v) is 18.6. The summed E-state index contributed by atoms with van der Waals surface area (Å²) in [6.45, 7) is -2.33. The van der Waals surface area contributed by atoms with E-state index in [-0.39, 0.29) is 0 Å². The van der Waals surface area contributed by atoms with Gasteiger partial charge < -0.3 is 40.9 Å². The number of phosphoric ester groups is 1. The van der Waals surface area contributed by atoms with Crippen LogP contribution in [0.3, 0.4) is 0 Å². The van der Waals surface area contributed by atoms with Crippen LogP contribution < -0.4 is 17.2 Å². The van der Waals surface area contributed by atoms with Crippen molar-refractivity contribution in [3.8, 4) is 11.8 Å². The maximum atomic E-state index is 12.6. The molecule has 0 saturated carbocycles. The Kier molecular flexibility index (Phi) is 8.32. The number of aliphatic hydroxyl groups excluding tert-OH is 1. The number of halogens is 1. The van der Waals surface area contributed by atoms with Crippen LogP contribution in [-0.4, -0.2) is 70.2 Å². The average molecular weight is 539 g/mol. The van der Waals surface area contributed by atoms with Crippen LogP contribution in [0.25, 0.3) is 0 Å². The molecule has 3 unspecified atom stereocenters. The van der Waals surface area contributed by atoms with Gasteiger partial charge in [0.1, 0.15) is 25.2 Å². The number of nitrogens with zero attached hydrogens (tertiary/aromatic N) is 3. The molecule has 9 N–H and O–H groups in total. The first kappa shape index (κ1) is 27.6. The lowest BCUT2D eigenvalue weighted by Gasteiger charge is -2.27. The van der Waals surface area contributed by atoms with Crippen LogP contribution >= 0.6 is 23.5 Å². The monoisotopic (exact) mass is 539 g/mol. The van der Waals surface area contributed by atoms with Gasteiger partial charge in [-0.25, -0.2) is 27.9 Å². The first-order chi connectivity index (χ1) is 15.0. The van der Waals surface area contributed by atoms with E-state index in [2.05, 4.69) is 29.0 Å². The molecule has 0 amide bonds. The summed E-state index contributed by atoms with van der Waals surface area (Å²) in [7, 11) is -17.0. The van der Waals surface area contributed by atoms with Gasteiger partial charge >= 0.3 is 29.2 Å². The number of ether oxygens (including phenoxy) is 1. The van der Waals surface area contributed by atoms with Crippen LogP contribution in [-0.2, 0) is 31.6 Å². The molecule has 6 atom stereocenters. The second-order valence-corrected chi connectivity index (χ2v) is 10.6. The van der Waals surface area contributed by atoms with E-state index in [0.717, 1.165) is 6.33 Å². The Morgan fingerprint density at radius 1 is 1.24 bits per heavy atom. The van der Waals surface area contributed by atoms with E-state index >= 15 is 0 Å². The van der Waals surface area contributed by atoms with Crippen LogP contribution in [0.2, 0.25) is 0 Å². The quantitative estimate of drug-likeness (QED) is 0.133. The van der Waals surface area contributed by atoms with E-state index in [4.69, 9.17) is 30.9 Å². The Bertz CT molecular complexity index is 1150. The summed E-state index contributed by atoms with van der Waals surface area (Å²) in [4.78, 5) is 54.7. The lowest BCUT2D eigenvalue weighted by molar-refractivity contribution is -0.0471. The highest BCUT2D eigenvalue weighted by Crippen LogP contribution is 2.66. The summed E-state index contributed by atoms with van der Waals surface area (Å²) >= 11 is 0. The molecule has 0 aliphatic carbocycles. The van der Waals surface area contributed by atoms with Crippen molar-refractivity contribution in [3.63, 3.8) is 0 Å². The van der Waals surface area contributed by atoms with E-state index < -0.39 is 72.4 Å². The Morgan fingerprint density at radius 2 is 1.88 bits per heavy atom.